The highest BCUT2D eigenvalue weighted by atomic mass is 16.6. The van der Waals surface area contributed by atoms with Gasteiger partial charge in [-0.25, -0.2) is 0 Å². The Hall–Kier alpha value is -1.40. The Balaban J connectivity index is 1.80. The highest BCUT2D eigenvalue weighted by molar-refractivity contribution is 5.76. The summed E-state index contributed by atoms with van der Waals surface area (Å²) in [5.41, 5.74) is 0.766. The summed E-state index contributed by atoms with van der Waals surface area (Å²) in [7, 11) is 0. The van der Waals surface area contributed by atoms with E-state index < -0.39 is 17.6 Å². The van der Waals surface area contributed by atoms with Gasteiger partial charge < -0.3 is 19.7 Å². The third-order valence-corrected chi connectivity index (χ3v) is 8.21. The Morgan fingerprint density at radius 3 is 2.66 bits per heavy atom. The molecule has 0 aromatic heterocycles. The standard InChI is InChI=1S/C26H42O6/c1-6-26(4,5)25(30)32-22-12-18(16(3)27)11-17-8-7-15(2)21(24(17)22)10-9-20-13-19(28)14-23(29)31-20/h11,15-16,18-22,24,27-28H,6-10,12-14H2,1-5H3/t15-,16?,18-,19+,20+,21-,22-,24-/m0/s1. The summed E-state index contributed by atoms with van der Waals surface area (Å²) in [6, 6.07) is 0. The molecule has 0 aromatic carbocycles. The number of aliphatic hydroxyl groups is 2. The lowest BCUT2D eigenvalue weighted by Gasteiger charge is -2.47. The van der Waals surface area contributed by atoms with E-state index in [1.54, 1.807) is 0 Å². The van der Waals surface area contributed by atoms with Gasteiger partial charge in [-0.3, -0.25) is 9.59 Å². The minimum absolute atomic E-state index is 0.00714. The number of ether oxygens (including phenoxy) is 2. The molecule has 32 heavy (non-hydrogen) atoms. The molecule has 0 spiro atoms. The maximum Gasteiger partial charge on any atom is 0.311 e. The summed E-state index contributed by atoms with van der Waals surface area (Å²) in [4.78, 5) is 24.7. The van der Waals surface area contributed by atoms with Crippen molar-refractivity contribution in [3.63, 3.8) is 0 Å². The highest BCUT2D eigenvalue weighted by Gasteiger charge is 2.45. The van der Waals surface area contributed by atoms with Crippen molar-refractivity contribution in [1.29, 1.82) is 0 Å². The van der Waals surface area contributed by atoms with Crippen molar-refractivity contribution >= 4 is 11.9 Å². The number of rotatable bonds is 7. The SMILES string of the molecule is CCC(C)(C)C(=O)O[C@H]1C[C@@H](C(C)O)C=C2CC[C@H](C)[C@H](CC[C@@H]3C[C@@H](O)CC(=O)O3)[C@H]21. The molecule has 3 rings (SSSR count). The van der Waals surface area contributed by atoms with E-state index >= 15 is 0 Å². The number of hydrogen-bond acceptors (Lipinski definition) is 6. The number of cyclic esters (lactones) is 1. The molecule has 0 amide bonds. The minimum Gasteiger partial charge on any atom is -0.462 e. The van der Waals surface area contributed by atoms with Crippen LogP contribution < -0.4 is 0 Å². The quantitative estimate of drug-likeness (QED) is 0.447. The third-order valence-electron chi connectivity index (χ3n) is 8.21. The van der Waals surface area contributed by atoms with Crippen LogP contribution in [-0.4, -0.2) is 46.6 Å². The molecule has 8 atom stereocenters. The first-order valence-corrected chi connectivity index (χ1v) is 12.5. The molecule has 6 heteroatoms. The second-order valence-corrected chi connectivity index (χ2v) is 11.1. The van der Waals surface area contributed by atoms with Gasteiger partial charge in [0, 0.05) is 18.3 Å². The van der Waals surface area contributed by atoms with Crippen LogP contribution in [0, 0.1) is 29.1 Å². The average molecular weight is 451 g/mol. The predicted octanol–water partition coefficient (Wildman–Crippen LogP) is 4.17. The molecule has 2 fully saturated rings. The fourth-order valence-electron chi connectivity index (χ4n) is 5.65. The van der Waals surface area contributed by atoms with Crippen molar-refractivity contribution < 1.29 is 29.3 Å². The monoisotopic (exact) mass is 450 g/mol. The Morgan fingerprint density at radius 1 is 1.31 bits per heavy atom. The lowest BCUT2D eigenvalue weighted by atomic mass is 9.62. The Bertz CT molecular complexity index is 711. The van der Waals surface area contributed by atoms with Gasteiger partial charge in [0.1, 0.15) is 12.2 Å². The number of fused-ring (bicyclic) bond motifs is 1. The van der Waals surface area contributed by atoms with Crippen LogP contribution in [0.15, 0.2) is 11.6 Å². The third kappa shape index (κ3) is 5.74. The van der Waals surface area contributed by atoms with Crippen molar-refractivity contribution in [3.8, 4) is 0 Å². The van der Waals surface area contributed by atoms with Crippen molar-refractivity contribution in [2.45, 2.75) is 110 Å². The van der Waals surface area contributed by atoms with Gasteiger partial charge in [-0.05, 0) is 71.1 Å². The van der Waals surface area contributed by atoms with Crippen LogP contribution in [0.2, 0.25) is 0 Å². The first kappa shape index (κ1) is 25.2. The van der Waals surface area contributed by atoms with Crippen molar-refractivity contribution in [2.24, 2.45) is 29.1 Å². The number of carbonyl (C=O) groups excluding carboxylic acids is 2. The van der Waals surface area contributed by atoms with Crippen molar-refractivity contribution in [1.82, 2.24) is 0 Å². The predicted molar refractivity (Wildman–Crippen MR) is 122 cm³/mol. The van der Waals surface area contributed by atoms with Crippen molar-refractivity contribution in [3.05, 3.63) is 11.6 Å². The second kappa shape index (κ2) is 10.3. The fourth-order valence-corrected chi connectivity index (χ4v) is 5.65. The normalized spacial score (nSPS) is 36.5. The molecule has 1 saturated heterocycles. The largest absolute Gasteiger partial charge is 0.462 e. The first-order chi connectivity index (χ1) is 15.0. The number of carbonyl (C=O) groups is 2. The molecule has 1 unspecified atom stereocenters. The summed E-state index contributed by atoms with van der Waals surface area (Å²) < 4.78 is 11.7. The van der Waals surface area contributed by atoms with Gasteiger partial charge in [0.05, 0.1) is 24.0 Å². The van der Waals surface area contributed by atoms with E-state index in [2.05, 4.69) is 13.0 Å². The van der Waals surface area contributed by atoms with E-state index in [1.807, 2.05) is 27.7 Å². The van der Waals surface area contributed by atoms with E-state index in [4.69, 9.17) is 9.47 Å². The van der Waals surface area contributed by atoms with Gasteiger partial charge >= 0.3 is 11.9 Å². The molecule has 1 heterocycles. The van der Waals surface area contributed by atoms with E-state index in [0.29, 0.717) is 37.5 Å². The van der Waals surface area contributed by atoms with Gasteiger partial charge in [0.25, 0.3) is 0 Å². The van der Waals surface area contributed by atoms with Gasteiger partial charge in [0.15, 0.2) is 0 Å². The smallest absolute Gasteiger partial charge is 0.311 e. The molecule has 0 radical (unpaired) electrons. The van der Waals surface area contributed by atoms with Crippen LogP contribution in [0.1, 0.15) is 86.0 Å². The number of aliphatic hydroxyl groups excluding tert-OH is 2. The molecule has 0 bridgehead atoms. The summed E-state index contributed by atoms with van der Waals surface area (Å²) in [6.45, 7) is 9.91. The van der Waals surface area contributed by atoms with Crippen LogP contribution in [-0.2, 0) is 19.1 Å². The topological polar surface area (TPSA) is 93.1 Å². The molecular weight excluding hydrogens is 408 g/mol. The molecule has 2 N–H and O–H groups in total. The Morgan fingerprint density at radius 2 is 2.03 bits per heavy atom. The lowest BCUT2D eigenvalue weighted by molar-refractivity contribution is -0.167. The van der Waals surface area contributed by atoms with E-state index in [0.717, 1.165) is 19.3 Å². The highest BCUT2D eigenvalue weighted by Crippen LogP contribution is 2.48. The zero-order valence-corrected chi connectivity index (χ0v) is 20.4. The van der Waals surface area contributed by atoms with Gasteiger partial charge in [-0.15, -0.1) is 0 Å². The zero-order valence-electron chi connectivity index (χ0n) is 20.4. The van der Waals surface area contributed by atoms with E-state index in [-0.39, 0.29) is 42.4 Å². The van der Waals surface area contributed by atoms with E-state index in [1.165, 1.54) is 5.57 Å². The molecule has 0 aromatic rings. The van der Waals surface area contributed by atoms with Crippen LogP contribution in [0.4, 0.5) is 0 Å². The Kier molecular flexibility index (Phi) is 8.08. The first-order valence-electron chi connectivity index (χ1n) is 12.5. The van der Waals surface area contributed by atoms with Gasteiger partial charge in [-0.1, -0.05) is 25.5 Å². The Labute approximate surface area is 192 Å². The van der Waals surface area contributed by atoms with Gasteiger partial charge in [-0.2, -0.15) is 0 Å². The zero-order chi connectivity index (χ0) is 23.6. The fraction of sp³-hybridized carbons (Fsp3) is 0.846. The summed E-state index contributed by atoms with van der Waals surface area (Å²) in [5.74, 6) is 0.408. The average Bonchev–Trinajstić information content (AvgIpc) is 2.72. The van der Waals surface area contributed by atoms with Gasteiger partial charge in [0.2, 0.25) is 0 Å². The van der Waals surface area contributed by atoms with Crippen LogP contribution in [0.25, 0.3) is 0 Å². The minimum atomic E-state index is -0.619. The number of esters is 2. The molecule has 2 aliphatic carbocycles. The summed E-state index contributed by atoms with van der Waals surface area (Å²) in [5, 5.41) is 20.3. The maximum atomic E-state index is 13.0. The molecular formula is C26H42O6. The maximum absolute atomic E-state index is 13.0. The molecule has 1 saturated carbocycles. The van der Waals surface area contributed by atoms with Crippen LogP contribution in [0.5, 0.6) is 0 Å². The van der Waals surface area contributed by atoms with Crippen LogP contribution in [0.3, 0.4) is 0 Å². The van der Waals surface area contributed by atoms with Crippen molar-refractivity contribution in [2.75, 3.05) is 0 Å². The lowest BCUT2D eigenvalue weighted by Crippen LogP contribution is -2.45. The summed E-state index contributed by atoms with van der Waals surface area (Å²) >= 11 is 0. The number of hydrogen-bond donors (Lipinski definition) is 2. The summed E-state index contributed by atoms with van der Waals surface area (Å²) in [6.07, 6.45) is 6.15. The molecule has 3 aliphatic rings. The second-order valence-electron chi connectivity index (χ2n) is 11.1. The van der Waals surface area contributed by atoms with E-state index in [9.17, 15) is 19.8 Å². The van der Waals surface area contributed by atoms with Crippen LogP contribution >= 0.6 is 0 Å². The molecule has 6 nitrogen and oxygen atoms in total. The molecule has 1 aliphatic heterocycles. The molecule has 182 valence electrons.